The molecule has 1 aliphatic heterocycles. The summed E-state index contributed by atoms with van der Waals surface area (Å²) in [5.41, 5.74) is 6.00. The van der Waals surface area contributed by atoms with Crippen molar-refractivity contribution < 1.29 is 19.2 Å². The molecule has 0 spiro atoms. The summed E-state index contributed by atoms with van der Waals surface area (Å²) in [6.45, 7) is 9.09. The van der Waals surface area contributed by atoms with Gasteiger partial charge in [0.25, 0.3) is 0 Å². The Morgan fingerprint density at radius 3 is 1.74 bits per heavy atom. The van der Waals surface area contributed by atoms with E-state index in [2.05, 4.69) is 39.8 Å². The zero-order valence-corrected chi connectivity index (χ0v) is 25.2. The quantitative estimate of drug-likeness (QED) is 0.225. The highest BCUT2D eigenvalue weighted by atomic mass is 32.2. The van der Waals surface area contributed by atoms with Crippen molar-refractivity contribution in [1.82, 2.24) is 0 Å². The van der Waals surface area contributed by atoms with Gasteiger partial charge >= 0.3 is 0 Å². The number of allylic oxidation sites excluding steroid dienone is 5. The summed E-state index contributed by atoms with van der Waals surface area (Å²) in [5, 5.41) is 0.208. The van der Waals surface area contributed by atoms with Crippen molar-refractivity contribution in [2.75, 3.05) is 0 Å². The summed E-state index contributed by atoms with van der Waals surface area (Å²) in [4.78, 5) is 55.3. The molecule has 2 heterocycles. The van der Waals surface area contributed by atoms with Crippen LogP contribution in [0.3, 0.4) is 0 Å². The number of hydrogen-bond donors (Lipinski definition) is 0. The second kappa shape index (κ2) is 8.36. The third-order valence-corrected chi connectivity index (χ3v) is 12.1. The standard InChI is InChI=1S/C36H26O4S2/c1-35(2)25-15-17(13-23-29(37)19-9-5-6-10-20(19)30(23)38)41-33(25)28-27(35)34-26(36(28,3)4)16-18(42-34)14-24-31(39)21-11-7-8-12-22(21)32(24)40/h5-16,25,33H,1-4H3. The molecule has 0 radical (unpaired) electrons. The maximum atomic E-state index is 13.0. The van der Waals surface area contributed by atoms with E-state index in [1.165, 1.54) is 21.6 Å². The predicted octanol–water partition coefficient (Wildman–Crippen LogP) is 7.92. The molecule has 4 aliphatic carbocycles. The molecule has 2 aromatic carbocycles. The molecule has 2 atom stereocenters. The minimum Gasteiger partial charge on any atom is -0.288 e. The third-order valence-electron chi connectivity index (χ3n) is 9.67. The van der Waals surface area contributed by atoms with Crippen LogP contribution in [-0.2, 0) is 5.41 Å². The van der Waals surface area contributed by atoms with E-state index in [1.54, 1.807) is 83.8 Å². The highest BCUT2D eigenvalue weighted by Crippen LogP contribution is 2.69. The molecule has 0 N–H and O–H groups in total. The zero-order chi connectivity index (χ0) is 29.3. The molecule has 0 saturated carbocycles. The lowest BCUT2D eigenvalue weighted by Crippen LogP contribution is -2.28. The van der Waals surface area contributed by atoms with E-state index in [0.29, 0.717) is 22.3 Å². The van der Waals surface area contributed by atoms with Gasteiger partial charge in [-0.25, -0.2) is 0 Å². The number of Topliss-reactive ketones (excluding diaryl/α,β-unsaturated/α-hetero) is 4. The number of rotatable bonds is 2. The maximum absolute atomic E-state index is 13.0. The van der Waals surface area contributed by atoms with Gasteiger partial charge in [0.05, 0.1) is 11.1 Å². The van der Waals surface area contributed by atoms with E-state index in [1.807, 2.05) is 0 Å². The van der Waals surface area contributed by atoms with Crippen LogP contribution in [0.25, 0.3) is 11.6 Å². The van der Waals surface area contributed by atoms with Crippen LogP contribution in [0.1, 0.15) is 84.4 Å². The number of benzene rings is 2. The summed E-state index contributed by atoms with van der Waals surface area (Å²) in [5.74, 6) is -0.576. The Balaban J connectivity index is 1.14. The normalized spacial score (nSPS) is 24.1. The summed E-state index contributed by atoms with van der Waals surface area (Å²) in [7, 11) is 0. The van der Waals surface area contributed by atoms with Gasteiger partial charge in [0.2, 0.25) is 0 Å². The molecule has 2 unspecified atom stereocenters. The molecular formula is C36H26O4S2. The Hall–Kier alpha value is -3.87. The molecule has 8 rings (SSSR count). The van der Waals surface area contributed by atoms with Gasteiger partial charge in [-0.3, -0.25) is 19.2 Å². The van der Waals surface area contributed by atoms with Crippen molar-refractivity contribution in [2.24, 2.45) is 11.3 Å². The Bertz CT molecular complexity index is 1920. The molecule has 0 fully saturated rings. The van der Waals surface area contributed by atoms with Crippen LogP contribution in [0, 0.1) is 11.3 Å². The molecule has 5 aliphatic rings. The summed E-state index contributed by atoms with van der Waals surface area (Å²) in [6.07, 6.45) is 5.84. The summed E-state index contributed by atoms with van der Waals surface area (Å²) < 4.78 is 0. The van der Waals surface area contributed by atoms with E-state index >= 15 is 0 Å². The number of fused-ring (bicyclic) bond motifs is 6. The minimum absolute atomic E-state index is 0.174. The van der Waals surface area contributed by atoms with Gasteiger partial charge in [-0.05, 0) is 40.3 Å². The fraction of sp³-hybridized carbons (Fsp3) is 0.222. The van der Waals surface area contributed by atoms with Gasteiger partial charge in [0.15, 0.2) is 23.1 Å². The highest BCUT2D eigenvalue weighted by Gasteiger charge is 2.58. The van der Waals surface area contributed by atoms with E-state index in [-0.39, 0.29) is 56.3 Å². The van der Waals surface area contributed by atoms with Gasteiger partial charge in [-0.2, -0.15) is 0 Å². The fourth-order valence-corrected chi connectivity index (χ4v) is 10.8. The second-order valence-corrected chi connectivity index (χ2v) is 15.0. The molecule has 206 valence electrons. The average molecular weight is 587 g/mol. The number of thiophene rings is 1. The van der Waals surface area contributed by atoms with Gasteiger partial charge < -0.3 is 0 Å². The van der Waals surface area contributed by atoms with Crippen molar-refractivity contribution in [2.45, 2.75) is 38.4 Å². The van der Waals surface area contributed by atoms with Gasteiger partial charge in [-0.1, -0.05) is 82.3 Å². The summed E-state index contributed by atoms with van der Waals surface area (Å²) in [6, 6.07) is 16.2. The topological polar surface area (TPSA) is 68.3 Å². The highest BCUT2D eigenvalue weighted by molar-refractivity contribution is 8.04. The van der Waals surface area contributed by atoms with Crippen LogP contribution in [0.4, 0.5) is 0 Å². The smallest absolute Gasteiger partial charge is 0.197 e. The monoisotopic (exact) mass is 586 g/mol. The lowest BCUT2D eigenvalue weighted by atomic mass is 9.74. The maximum Gasteiger partial charge on any atom is 0.197 e. The van der Waals surface area contributed by atoms with Crippen molar-refractivity contribution in [3.8, 4) is 0 Å². The Kier molecular flexibility index (Phi) is 5.14. The van der Waals surface area contributed by atoms with Crippen molar-refractivity contribution in [1.29, 1.82) is 0 Å². The van der Waals surface area contributed by atoms with E-state index < -0.39 is 0 Å². The summed E-state index contributed by atoms with van der Waals surface area (Å²) >= 11 is 3.42. The first-order chi connectivity index (χ1) is 20.0. The fourth-order valence-electron chi connectivity index (χ4n) is 7.54. The van der Waals surface area contributed by atoms with E-state index in [9.17, 15) is 19.2 Å². The molecule has 6 heteroatoms. The van der Waals surface area contributed by atoms with Gasteiger partial charge in [-0.15, -0.1) is 23.1 Å². The Morgan fingerprint density at radius 2 is 1.21 bits per heavy atom. The number of ketones is 4. The van der Waals surface area contributed by atoms with Crippen LogP contribution in [0.15, 0.2) is 88.4 Å². The van der Waals surface area contributed by atoms with Crippen molar-refractivity contribution in [3.05, 3.63) is 126 Å². The Labute approximate surface area is 251 Å². The Morgan fingerprint density at radius 1 is 0.714 bits per heavy atom. The van der Waals surface area contributed by atoms with E-state index in [4.69, 9.17) is 0 Å². The molecule has 0 saturated heterocycles. The van der Waals surface area contributed by atoms with Gasteiger partial charge in [0, 0.05) is 53.5 Å². The molecule has 4 nitrogen and oxygen atoms in total. The second-order valence-electron chi connectivity index (χ2n) is 12.7. The molecular weight excluding hydrogens is 561 g/mol. The zero-order valence-electron chi connectivity index (χ0n) is 23.5. The SMILES string of the molecule is CC1(C)C2=C(c3sc(C=C4C(=O)c5ccccc5C4=O)cc31)C(C)(C)C1C=C(C=C3C(=O)c4ccccc4C3=O)SC21. The molecule has 1 aromatic heterocycles. The minimum atomic E-state index is -0.236. The van der Waals surface area contributed by atoms with Crippen LogP contribution < -0.4 is 0 Å². The average Bonchev–Trinajstić information content (AvgIpc) is 3.76. The molecule has 42 heavy (non-hydrogen) atoms. The first-order valence-electron chi connectivity index (χ1n) is 14.1. The number of carbonyl (C=O) groups excluding carboxylic acids is 4. The van der Waals surface area contributed by atoms with Gasteiger partial charge in [0.1, 0.15) is 0 Å². The van der Waals surface area contributed by atoms with Crippen molar-refractivity contribution in [3.63, 3.8) is 0 Å². The lowest BCUT2D eigenvalue weighted by molar-refractivity contribution is 0.0974. The lowest BCUT2D eigenvalue weighted by Gasteiger charge is -2.31. The van der Waals surface area contributed by atoms with E-state index in [0.717, 1.165) is 9.78 Å². The van der Waals surface area contributed by atoms with Crippen LogP contribution >= 0.6 is 23.1 Å². The van der Waals surface area contributed by atoms with Crippen molar-refractivity contribution >= 4 is 57.9 Å². The molecule has 3 aromatic rings. The first kappa shape index (κ1) is 25.8. The van der Waals surface area contributed by atoms with Crippen LogP contribution in [0.2, 0.25) is 0 Å². The predicted molar refractivity (Wildman–Crippen MR) is 167 cm³/mol. The van der Waals surface area contributed by atoms with Crippen LogP contribution in [-0.4, -0.2) is 28.4 Å². The van der Waals surface area contributed by atoms with Crippen LogP contribution in [0.5, 0.6) is 0 Å². The third kappa shape index (κ3) is 3.20. The number of carbonyl (C=O) groups is 4. The molecule has 0 bridgehead atoms. The largest absolute Gasteiger partial charge is 0.288 e. The number of hydrogen-bond acceptors (Lipinski definition) is 6. The first-order valence-corrected chi connectivity index (χ1v) is 15.8. The molecule has 0 amide bonds. The number of thioether (sulfide) groups is 1.